The number of hydrogen-bond acceptors (Lipinski definition) is 3. The summed E-state index contributed by atoms with van der Waals surface area (Å²) in [5, 5.41) is 21.5. The molecule has 3 aromatic rings. The van der Waals surface area contributed by atoms with Crippen molar-refractivity contribution in [3.63, 3.8) is 0 Å². The number of halogens is 8. The summed E-state index contributed by atoms with van der Waals surface area (Å²) in [4.78, 5) is 12.4. The lowest BCUT2D eigenvalue weighted by Crippen LogP contribution is -2.26. The van der Waals surface area contributed by atoms with Crippen LogP contribution in [0.3, 0.4) is 0 Å². The van der Waals surface area contributed by atoms with Gasteiger partial charge in [-0.25, -0.2) is 4.79 Å². The Balaban J connectivity index is 2.38. The minimum Gasteiger partial charge on any atom is -0.506 e. The Morgan fingerprint density at radius 3 is 2.09 bits per heavy atom. The zero-order valence-corrected chi connectivity index (χ0v) is 27.3. The maximum atomic E-state index is 12.4. The summed E-state index contributed by atoms with van der Waals surface area (Å²) in [5.74, 6) is -0.468. The van der Waals surface area contributed by atoms with Crippen LogP contribution in [0, 0.1) is 14.3 Å². The van der Waals surface area contributed by atoms with Crippen molar-refractivity contribution in [1.29, 1.82) is 0 Å². The van der Waals surface area contributed by atoms with Gasteiger partial charge in [-0.1, -0.05) is 53.0 Å². The molecule has 1 aliphatic rings. The molecule has 4 nitrogen and oxygen atoms in total. The van der Waals surface area contributed by atoms with E-state index in [0.29, 0.717) is 35.0 Å². The summed E-state index contributed by atoms with van der Waals surface area (Å²) < 4.78 is 8.82. The molecule has 0 unspecified atom stereocenters. The van der Waals surface area contributed by atoms with Crippen molar-refractivity contribution in [3.8, 4) is 17.2 Å². The standard InChI is InChI=1S/C21H6Cl4I4O4/c1-4-7(26)2-5-9(10-11(21(31)32)13(23)15(25)14(24)12(10)22)6-3-8(27)18(30)17(29)20(6)33-19(5)16(4)28/h2-3,30H,1H2,(H,31,32). The second-order valence-electron chi connectivity index (χ2n) is 6.71. The lowest BCUT2D eigenvalue weighted by Gasteiger charge is -2.26. The van der Waals surface area contributed by atoms with Crippen molar-refractivity contribution < 1.29 is 19.7 Å². The average molecular weight is 972 g/mol. The van der Waals surface area contributed by atoms with E-state index in [1.54, 1.807) is 6.07 Å². The average Bonchev–Trinajstić information content (AvgIpc) is 2.76. The fourth-order valence-corrected chi connectivity index (χ4v) is 7.99. The summed E-state index contributed by atoms with van der Waals surface area (Å²) >= 11 is 33.8. The van der Waals surface area contributed by atoms with Crippen molar-refractivity contribution >= 4 is 155 Å². The van der Waals surface area contributed by atoms with Gasteiger partial charge in [0.1, 0.15) is 11.5 Å². The largest absolute Gasteiger partial charge is 0.506 e. The number of hydrogen-bond donors (Lipinski definition) is 2. The van der Waals surface area contributed by atoms with Crippen LogP contribution in [-0.4, -0.2) is 16.2 Å². The fourth-order valence-electron chi connectivity index (χ4n) is 3.39. The highest BCUT2D eigenvalue weighted by atomic mass is 127. The number of rotatable bonds is 2. The molecule has 0 bridgehead atoms. The molecule has 0 spiro atoms. The van der Waals surface area contributed by atoms with Crippen LogP contribution in [0.25, 0.3) is 12.2 Å². The second kappa shape index (κ2) is 9.78. The van der Waals surface area contributed by atoms with E-state index in [0.717, 1.165) is 12.4 Å². The van der Waals surface area contributed by atoms with E-state index in [9.17, 15) is 15.0 Å². The van der Waals surface area contributed by atoms with Crippen LogP contribution in [0.4, 0.5) is 0 Å². The topological polar surface area (TPSA) is 66.8 Å². The molecule has 0 aromatic heterocycles. The molecule has 1 aliphatic heterocycles. The third-order valence-electron chi connectivity index (χ3n) is 4.89. The van der Waals surface area contributed by atoms with Gasteiger partial charge in [0.05, 0.1) is 36.4 Å². The van der Waals surface area contributed by atoms with Gasteiger partial charge < -0.3 is 14.9 Å². The summed E-state index contributed by atoms with van der Waals surface area (Å²) in [6.07, 6.45) is 0. The second-order valence-corrected chi connectivity index (χ2v) is 12.7. The van der Waals surface area contributed by atoms with Crippen LogP contribution in [0.2, 0.25) is 20.1 Å². The van der Waals surface area contributed by atoms with Gasteiger partial charge >= 0.3 is 5.97 Å². The van der Waals surface area contributed by atoms with Crippen LogP contribution in [-0.2, 0) is 0 Å². The van der Waals surface area contributed by atoms with E-state index in [1.165, 1.54) is 0 Å². The quantitative estimate of drug-likeness (QED) is 0.122. The molecule has 0 amide bonds. The molecular formula is C21H6Cl4I4O4. The number of phenols is 1. The highest BCUT2D eigenvalue weighted by Crippen LogP contribution is 2.50. The highest BCUT2D eigenvalue weighted by molar-refractivity contribution is 14.1. The molecule has 170 valence electrons. The smallest absolute Gasteiger partial charge is 0.337 e. The minimum absolute atomic E-state index is 0.0462. The number of ether oxygens (including phenoxy) is 1. The third-order valence-corrected chi connectivity index (χ3v) is 10.6. The number of benzene rings is 3. The normalized spacial score (nSPS) is 12.3. The maximum Gasteiger partial charge on any atom is 0.337 e. The van der Waals surface area contributed by atoms with E-state index < -0.39 is 5.97 Å². The molecular weight excluding hydrogens is 966 g/mol. The number of aromatic hydroxyl groups is 1. The van der Waals surface area contributed by atoms with Crippen molar-refractivity contribution in [1.82, 2.24) is 0 Å². The van der Waals surface area contributed by atoms with Crippen LogP contribution in [0.5, 0.6) is 17.2 Å². The number of fused-ring (bicyclic) bond motifs is 2. The third kappa shape index (κ3) is 4.25. The van der Waals surface area contributed by atoms with Crippen LogP contribution in [0.1, 0.15) is 21.5 Å². The molecule has 1 heterocycles. The first-order valence-corrected chi connectivity index (χ1v) is 14.4. The highest BCUT2D eigenvalue weighted by Gasteiger charge is 2.33. The molecule has 0 fully saturated rings. The number of aromatic carboxylic acids is 1. The Kier molecular flexibility index (Phi) is 7.89. The van der Waals surface area contributed by atoms with Gasteiger partial charge in [-0.3, -0.25) is 0 Å². The molecule has 0 radical (unpaired) electrons. The van der Waals surface area contributed by atoms with Crippen LogP contribution in [0.15, 0.2) is 12.1 Å². The van der Waals surface area contributed by atoms with E-state index in [-0.39, 0.29) is 37.0 Å². The summed E-state index contributed by atoms with van der Waals surface area (Å²) in [7, 11) is 0. The number of carboxylic acid groups (broad SMARTS) is 1. The van der Waals surface area contributed by atoms with Crippen LogP contribution >= 0.6 is 137 Å². The lowest BCUT2D eigenvalue weighted by atomic mass is 9.89. The first-order valence-electron chi connectivity index (χ1n) is 8.58. The van der Waals surface area contributed by atoms with E-state index >= 15 is 0 Å². The van der Waals surface area contributed by atoms with Gasteiger partial charge in [0.15, 0.2) is 5.75 Å². The number of carboxylic acids is 1. The number of carbonyl (C=O) groups is 1. The van der Waals surface area contributed by atoms with E-state index in [2.05, 4.69) is 51.8 Å². The van der Waals surface area contributed by atoms with Crippen molar-refractivity contribution in [2.75, 3.05) is 0 Å². The van der Waals surface area contributed by atoms with E-state index in [4.69, 9.17) is 51.1 Å². The monoisotopic (exact) mass is 970 g/mol. The Bertz CT molecular complexity index is 1540. The Hall–Kier alpha value is 0.550. The van der Waals surface area contributed by atoms with Crippen LogP contribution < -0.4 is 15.2 Å². The van der Waals surface area contributed by atoms with Gasteiger partial charge in [0, 0.05) is 25.5 Å². The van der Waals surface area contributed by atoms with Crippen molar-refractivity contribution in [2.24, 2.45) is 0 Å². The predicted molar refractivity (Wildman–Crippen MR) is 165 cm³/mol. The van der Waals surface area contributed by atoms with Crippen molar-refractivity contribution in [3.05, 3.63) is 73.6 Å². The summed E-state index contributed by atoms with van der Waals surface area (Å²) in [5.41, 5.74) is 0.791. The van der Waals surface area contributed by atoms with Crippen molar-refractivity contribution in [2.45, 2.75) is 0 Å². The molecule has 0 saturated carbocycles. The maximum absolute atomic E-state index is 12.4. The molecule has 0 atom stereocenters. The molecule has 2 N–H and O–H groups in total. The fraction of sp³-hybridized carbons (Fsp3) is 0. The van der Waals surface area contributed by atoms with E-state index in [1.807, 2.05) is 51.2 Å². The molecule has 0 saturated heterocycles. The zero-order chi connectivity index (χ0) is 24.5. The Labute approximate surface area is 261 Å². The summed E-state index contributed by atoms with van der Waals surface area (Å²) in [6, 6.07) is 3.53. The molecule has 33 heavy (non-hydrogen) atoms. The lowest BCUT2D eigenvalue weighted by molar-refractivity contribution is 0.0696. The molecule has 3 aromatic carbocycles. The Morgan fingerprint density at radius 1 is 0.879 bits per heavy atom. The zero-order valence-electron chi connectivity index (χ0n) is 15.6. The Morgan fingerprint density at radius 2 is 1.48 bits per heavy atom. The molecule has 0 aliphatic carbocycles. The minimum atomic E-state index is -1.32. The van der Waals surface area contributed by atoms with Gasteiger partial charge in [-0.15, -0.1) is 0 Å². The molecule has 4 rings (SSSR count). The first kappa shape index (κ1) is 26.6. The first-order chi connectivity index (χ1) is 15.4. The van der Waals surface area contributed by atoms with Gasteiger partial charge in [-0.05, 0) is 108 Å². The molecule has 12 heteroatoms. The predicted octanol–water partition coefficient (Wildman–Crippen LogP) is 7.89. The van der Waals surface area contributed by atoms with Gasteiger partial charge in [0.2, 0.25) is 0 Å². The van der Waals surface area contributed by atoms with Gasteiger partial charge in [0.25, 0.3) is 0 Å². The SMILES string of the molecule is C=c1c(I)cc2c(c1I)Oc1c(cc(I)c(O)c1I)C=2c1c(Cl)c(Cl)c(Cl)c(Cl)c1C(=O)O. The summed E-state index contributed by atoms with van der Waals surface area (Å²) in [6.45, 7) is 4.10. The van der Waals surface area contributed by atoms with Gasteiger partial charge in [-0.2, -0.15) is 0 Å². The number of phenolic OH excluding ortho intramolecular Hbond substituents is 1.